The van der Waals surface area contributed by atoms with Crippen LogP contribution in [0.25, 0.3) is 0 Å². The van der Waals surface area contributed by atoms with Crippen LogP contribution in [0.2, 0.25) is 0 Å². The Labute approximate surface area is 71.5 Å². The maximum atomic E-state index is 11.5. The molecule has 0 heterocycles. The smallest absolute Gasteiger partial charge is 0.440 e. The molecular formula is C3H4F3NO2S2. The molecule has 0 aromatic rings. The van der Waals surface area contributed by atoms with Crippen molar-refractivity contribution in [1.29, 1.82) is 0 Å². The second-order valence-electron chi connectivity index (χ2n) is 1.77. The van der Waals surface area contributed by atoms with Gasteiger partial charge in [-0.15, -0.1) is 3.29 Å². The summed E-state index contributed by atoms with van der Waals surface area (Å²) in [7, 11) is 0. The van der Waals surface area contributed by atoms with Gasteiger partial charge in [-0.1, -0.05) is 0 Å². The van der Waals surface area contributed by atoms with Crippen LogP contribution >= 0.6 is 25.6 Å². The lowest BCUT2D eigenvalue weighted by atomic mass is 10.6. The minimum Gasteiger partial charge on any atom is -0.497 e. The molecule has 0 atom stereocenters. The molecule has 0 N–H and O–H groups in total. The zero-order valence-electron chi connectivity index (χ0n) is 5.00. The molecule has 0 saturated carbocycles. The minimum absolute atomic E-state index is 1.69. The average molecular weight is 207 g/mol. The zero-order valence-corrected chi connectivity index (χ0v) is 6.79. The van der Waals surface area contributed by atoms with Crippen molar-refractivity contribution < 1.29 is 26.4 Å². The van der Waals surface area contributed by atoms with Crippen LogP contribution in [-0.4, -0.2) is 22.1 Å². The Kier molecular flexibility index (Phi) is 3.09. The highest BCUT2D eigenvalue weighted by Crippen LogP contribution is 2.25. The second-order valence-corrected chi connectivity index (χ2v) is 3.45. The molecule has 0 aromatic carbocycles. The van der Waals surface area contributed by atoms with E-state index in [9.17, 15) is 23.1 Å². The Bertz CT molecular complexity index is 168. The molecule has 8 heteroatoms. The second kappa shape index (κ2) is 3.11. The van der Waals surface area contributed by atoms with Crippen LogP contribution in [0.5, 0.6) is 0 Å². The Morgan fingerprint density at radius 3 is 1.91 bits per heavy atom. The normalized spacial score (nSPS) is 13.2. The number of carbonyl (C=O) groups excluding carboxylic acids is 1. The highest BCUT2D eigenvalue weighted by Gasteiger charge is 2.41. The highest BCUT2D eigenvalue weighted by molar-refractivity contribution is 7.88. The van der Waals surface area contributed by atoms with Crippen molar-refractivity contribution in [3.63, 3.8) is 0 Å². The third kappa shape index (κ3) is 4.38. The van der Waals surface area contributed by atoms with Crippen molar-refractivity contribution in [3.05, 3.63) is 0 Å². The van der Waals surface area contributed by atoms with E-state index in [4.69, 9.17) is 0 Å². The first-order chi connectivity index (χ1) is 4.65. The minimum atomic E-state index is -4.64. The third-order valence-corrected chi connectivity index (χ3v) is 1.30. The molecule has 0 fully saturated rings. The predicted octanol–water partition coefficient (Wildman–Crippen LogP) is 0.398. The Morgan fingerprint density at radius 2 is 1.82 bits per heavy atom. The Morgan fingerprint density at radius 1 is 1.45 bits per heavy atom. The zero-order chi connectivity index (χ0) is 9.28. The molecule has 0 radical (unpaired) electrons. The lowest BCUT2D eigenvalue weighted by Gasteiger charge is -2.23. The van der Waals surface area contributed by atoms with Crippen LogP contribution in [0.3, 0.4) is 0 Å². The third-order valence-electron chi connectivity index (χ3n) is 0.692. The summed E-state index contributed by atoms with van der Waals surface area (Å²) in [6.45, 7) is -1.69. The molecule has 0 aliphatic rings. The van der Waals surface area contributed by atoms with Crippen LogP contribution < -0.4 is 5.11 Å². The monoisotopic (exact) mass is 207 g/mol. The van der Waals surface area contributed by atoms with Gasteiger partial charge in [0.05, 0.1) is 25.6 Å². The van der Waals surface area contributed by atoms with E-state index in [1.165, 1.54) is 0 Å². The summed E-state index contributed by atoms with van der Waals surface area (Å²) >= 11 is 6.19. The van der Waals surface area contributed by atoms with Crippen molar-refractivity contribution in [1.82, 2.24) is 0 Å². The number of amides is 1. The largest absolute Gasteiger partial charge is 0.497 e. The number of quaternary nitrogens is 1. The van der Waals surface area contributed by atoms with Crippen molar-refractivity contribution in [3.8, 4) is 0 Å². The summed E-state index contributed by atoms with van der Waals surface area (Å²) in [5.74, 6) is 0. The standard InChI is InChI=1S/C3H4F3NO2S2/c4-3(5,6)1-7(10,11)2(8)9/h10-11H,1H2. The van der Waals surface area contributed by atoms with Gasteiger partial charge in [0.2, 0.25) is 6.54 Å². The van der Waals surface area contributed by atoms with Crippen LogP contribution in [-0.2, 0) is 0 Å². The number of hydrogen-bond donors (Lipinski definition) is 2. The molecule has 0 aliphatic carbocycles. The fourth-order valence-corrected chi connectivity index (χ4v) is 0.635. The van der Waals surface area contributed by atoms with Gasteiger partial charge in [-0.05, 0) is 0 Å². The first kappa shape index (κ1) is 10.9. The first-order valence-electron chi connectivity index (χ1n) is 2.27. The van der Waals surface area contributed by atoms with Gasteiger partial charge in [0.15, 0.2) is 0 Å². The van der Waals surface area contributed by atoms with Crippen molar-refractivity contribution in [2.24, 2.45) is 0 Å². The van der Waals surface area contributed by atoms with Crippen LogP contribution in [0.4, 0.5) is 18.0 Å². The lowest BCUT2D eigenvalue weighted by Crippen LogP contribution is -2.49. The number of nitrogens with zero attached hydrogens (tertiary/aromatic N) is 1. The summed E-state index contributed by atoms with van der Waals surface area (Å²) in [4.78, 5) is 9.91. The molecule has 0 aliphatic heterocycles. The molecule has 66 valence electrons. The summed E-state index contributed by atoms with van der Waals surface area (Å²) < 4.78 is 32.7. The van der Waals surface area contributed by atoms with E-state index >= 15 is 0 Å². The number of carboxylic acid groups (broad SMARTS) is 1. The molecule has 0 unspecified atom stereocenters. The molecule has 0 saturated heterocycles. The van der Waals surface area contributed by atoms with Crippen LogP contribution in [0.15, 0.2) is 0 Å². The summed E-state index contributed by atoms with van der Waals surface area (Å²) in [5, 5.41) is 9.91. The summed E-state index contributed by atoms with van der Waals surface area (Å²) in [5.41, 5.74) is 0. The highest BCUT2D eigenvalue weighted by atomic mass is 32.2. The molecule has 0 bridgehead atoms. The van der Waals surface area contributed by atoms with E-state index in [0.717, 1.165) is 0 Å². The van der Waals surface area contributed by atoms with Gasteiger partial charge in [0.1, 0.15) is 0 Å². The van der Waals surface area contributed by atoms with Gasteiger partial charge in [0.25, 0.3) is 6.09 Å². The van der Waals surface area contributed by atoms with E-state index in [-0.39, 0.29) is 0 Å². The van der Waals surface area contributed by atoms with E-state index in [0.29, 0.717) is 0 Å². The van der Waals surface area contributed by atoms with Gasteiger partial charge in [-0.2, -0.15) is 13.2 Å². The van der Waals surface area contributed by atoms with Crippen molar-refractivity contribution in [2.75, 3.05) is 6.54 Å². The maximum absolute atomic E-state index is 11.5. The van der Waals surface area contributed by atoms with E-state index in [1.807, 2.05) is 0 Å². The van der Waals surface area contributed by atoms with Gasteiger partial charge >= 0.3 is 6.18 Å². The Balaban J connectivity index is 4.25. The number of halogens is 3. The van der Waals surface area contributed by atoms with E-state index in [1.54, 1.807) is 0 Å². The van der Waals surface area contributed by atoms with Gasteiger partial charge < -0.3 is 9.90 Å². The molecule has 3 nitrogen and oxygen atoms in total. The molecule has 0 spiro atoms. The lowest BCUT2D eigenvalue weighted by molar-refractivity contribution is -0.626. The van der Waals surface area contributed by atoms with Gasteiger partial charge in [-0.3, -0.25) is 0 Å². The SMILES string of the molecule is O=C([O-])[N+](S)(S)CC(F)(F)F. The molecular weight excluding hydrogens is 203 g/mol. The predicted molar refractivity (Wildman–Crippen MR) is 34.6 cm³/mol. The average Bonchev–Trinajstić information content (AvgIpc) is 1.56. The fraction of sp³-hybridized carbons (Fsp3) is 0.667. The molecule has 0 rings (SSSR count). The van der Waals surface area contributed by atoms with Crippen molar-refractivity contribution in [2.45, 2.75) is 6.18 Å². The topological polar surface area (TPSA) is 40.1 Å². The first-order valence-corrected chi connectivity index (χ1v) is 3.07. The van der Waals surface area contributed by atoms with Crippen LogP contribution in [0.1, 0.15) is 0 Å². The van der Waals surface area contributed by atoms with Crippen molar-refractivity contribution >= 4 is 31.7 Å². The summed E-state index contributed by atoms with van der Waals surface area (Å²) in [6.07, 6.45) is -6.65. The van der Waals surface area contributed by atoms with Crippen LogP contribution in [0, 0.1) is 0 Å². The summed E-state index contributed by atoms with van der Waals surface area (Å²) in [6, 6.07) is 0. The van der Waals surface area contributed by atoms with Gasteiger partial charge in [0, 0.05) is 0 Å². The fourth-order valence-electron chi connectivity index (χ4n) is 0.315. The number of carbonyl (C=O) groups is 1. The molecule has 1 amide bonds. The quantitative estimate of drug-likeness (QED) is 0.482. The number of thiol groups is 2. The number of hydrogen-bond acceptors (Lipinski definition) is 4. The Hall–Kier alpha value is -0.0800. The number of alkyl halides is 3. The molecule has 0 aromatic heterocycles. The van der Waals surface area contributed by atoms with E-state index in [2.05, 4.69) is 25.6 Å². The molecule has 11 heavy (non-hydrogen) atoms. The maximum Gasteiger partial charge on any atom is 0.440 e. The van der Waals surface area contributed by atoms with Gasteiger partial charge in [-0.25, -0.2) is 0 Å². The van der Waals surface area contributed by atoms with E-state index < -0.39 is 22.1 Å². The number of rotatable bonds is 1.